The summed E-state index contributed by atoms with van der Waals surface area (Å²) in [6.07, 6.45) is 3.67. The van der Waals surface area contributed by atoms with E-state index in [1.165, 1.54) is 6.08 Å². The van der Waals surface area contributed by atoms with Crippen molar-refractivity contribution in [2.75, 3.05) is 6.54 Å². The second-order valence-electron chi connectivity index (χ2n) is 5.04. The molecule has 0 aromatic rings. The lowest BCUT2D eigenvalue weighted by atomic mass is 9.94. The van der Waals surface area contributed by atoms with Crippen molar-refractivity contribution < 1.29 is 14.7 Å². The fourth-order valence-electron chi connectivity index (χ4n) is 2.33. The first-order valence-electron chi connectivity index (χ1n) is 6.36. The molecule has 2 amide bonds. The van der Waals surface area contributed by atoms with E-state index in [0.717, 1.165) is 12.8 Å². The lowest BCUT2D eigenvalue weighted by molar-refractivity contribution is -0.139. The van der Waals surface area contributed by atoms with Crippen molar-refractivity contribution >= 4 is 12.0 Å². The van der Waals surface area contributed by atoms with Crippen LogP contribution in [0.2, 0.25) is 0 Å². The van der Waals surface area contributed by atoms with Crippen molar-refractivity contribution in [3.05, 3.63) is 12.7 Å². The number of carboxylic acid groups (broad SMARTS) is 1. The van der Waals surface area contributed by atoms with Gasteiger partial charge in [-0.05, 0) is 32.1 Å². The summed E-state index contributed by atoms with van der Waals surface area (Å²) in [5, 5.41) is 11.5. The van der Waals surface area contributed by atoms with Crippen molar-refractivity contribution in [1.29, 1.82) is 0 Å². The maximum atomic E-state index is 12.0. The van der Waals surface area contributed by atoms with Gasteiger partial charge in [-0.15, -0.1) is 6.58 Å². The van der Waals surface area contributed by atoms with E-state index in [2.05, 4.69) is 18.8 Å². The summed E-state index contributed by atoms with van der Waals surface area (Å²) in [5.41, 5.74) is 0. The first-order chi connectivity index (χ1) is 8.45. The molecule has 0 aromatic heterocycles. The number of hydrogen-bond donors (Lipinski definition) is 2. The van der Waals surface area contributed by atoms with Crippen molar-refractivity contribution in [2.45, 2.75) is 45.2 Å². The third kappa shape index (κ3) is 3.75. The van der Waals surface area contributed by atoms with Crippen LogP contribution in [-0.2, 0) is 4.79 Å². The predicted molar refractivity (Wildman–Crippen MR) is 69.3 cm³/mol. The highest BCUT2D eigenvalue weighted by atomic mass is 16.4. The number of carboxylic acids is 1. The molecular weight excluding hydrogens is 232 g/mol. The zero-order valence-electron chi connectivity index (χ0n) is 11.1. The Morgan fingerprint density at radius 2 is 2.22 bits per heavy atom. The Bertz CT molecular complexity index is 330. The van der Waals surface area contributed by atoms with Gasteiger partial charge in [0, 0.05) is 12.6 Å². The molecule has 3 atom stereocenters. The average Bonchev–Trinajstić information content (AvgIpc) is 2.27. The maximum Gasteiger partial charge on any atom is 0.326 e. The molecule has 102 valence electrons. The fourth-order valence-corrected chi connectivity index (χ4v) is 2.33. The summed E-state index contributed by atoms with van der Waals surface area (Å²) in [6.45, 7) is 8.36. The van der Waals surface area contributed by atoms with Crippen LogP contribution in [0.1, 0.15) is 33.1 Å². The highest BCUT2D eigenvalue weighted by molar-refractivity contribution is 5.82. The van der Waals surface area contributed by atoms with Crippen LogP contribution in [0.25, 0.3) is 0 Å². The van der Waals surface area contributed by atoms with Crippen LogP contribution in [-0.4, -0.2) is 40.6 Å². The number of piperidine rings is 1. The molecular formula is C13H22N2O3. The van der Waals surface area contributed by atoms with Crippen LogP contribution in [0.15, 0.2) is 12.7 Å². The van der Waals surface area contributed by atoms with E-state index >= 15 is 0 Å². The number of nitrogens with one attached hydrogen (secondary N) is 1. The van der Waals surface area contributed by atoms with Gasteiger partial charge in [0.15, 0.2) is 0 Å². The largest absolute Gasteiger partial charge is 0.480 e. The molecule has 0 radical (unpaired) electrons. The number of urea groups is 1. The van der Waals surface area contributed by atoms with Gasteiger partial charge in [-0.25, -0.2) is 9.59 Å². The predicted octanol–water partition coefficient (Wildman–Crippen LogP) is 1.85. The number of carbonyl (C=O) groups is 2. The third-order valence-corrected chi connectivity index (χ3v) is 3.40. The first kappa shape index (κ1) is 14.5. The summed E-state index contributed by atoms with van der Waals surface area (Å²) >= 11 is 0. The highest BCUT2D eigenvalue weighted by Crippen LogP contribution is 2.22. The van der Waals surface area contributed by atoms with Gasteiger partial charge in [0.25, 0.3) is 0 Å². The smallest absolute Gasteiger partial charge is 0.326 e. The van der Waals surface area contributed by atoms with E-state index in [-0.39, 0.29) is 18.5 Å². The molecule has 18 heavy (non-hydrogen) atoms. The molecule has 1 rings (SSSR count). The minimum absolute atomic E-state index is 0.159. The van der Waals surface area contributed by atoms with Crippen LogP contribution < -0.4 is 5.32 Å². The quantitative estimate of drug-likeness (QED) is 0.752. The second kappa shape index (κ2) is 6.42. The van der Waals surface area contributed by atoms with Crippen LogP contribution in [0.4, 0.5) is 4.79 Å². The number of aliphatic carboxylic acids is 1. The summed E-state index contributed by atoms with van der Waals surface area (Å²) in [7, 11) is 0. The minimum atomic E-state index is -1.03. The number of rotatable bonds is 4. The molecule has 1 fully saturated rings. The van der Waals surface area contributed by atoms with E-state index in [4.69, 9.17) is 5.11 Å². The van der Waals surface area contributed by atoms with E-state index in [0.29, 0.717) is 12.5 Å². The van der Waals surface area contributed by atoms with Crippen molar-refractivity contribution in [2.24, 2.45) is 5.92 Å². The monoisotopic (exact) mass is 254 g/mol. The maximum absolute atomic E-state index is 12.0. The molecule has 2 N–H and O–H groups in total. The zero-order valence-corrected chi connectivity index (χ0v) is 11.1. The Balaban J connectivity index is 2.58. The molecule has 1 heterocycles. The van der Waals surface area contributed by atoms with Gasteiger partial charge in [0.2, 0.25) is 0 Å². The second-order valence-corrected chi connectivity index (χ2v) is 5.04. The molecule has 5 nitrogen and oxygen atoms in total. The van der Waals surface area contributed by atoms with Crippen LogP contribution in [0.5, 0.6) is 0 Å². The number of likely N-dealkylation sites (tertiary alicyclic amines) is 1. The topological polar surface area (TPSA) is 69.6 Å². The molecule has 3 unspecified atom stereocenters. The minimum Gasteiger partial charge on any atom is -0.480 e. The van der Waals surface area contributed by atoms with Gasteiger partial charge in [0.1, 0.15) is 6.04 Å². The molecule has 0 spiro atoms. The molecule has 1 aliphatic heterocycles. The SMILES string of the molecule is C=CCC(NC(=O)N1CCC(C)CC1C)C(=O)O. The van der Waals surface area contributed by atoms with E-state index in [1.807, 2.05) is 6.92 Å². The molecule has 5 heteroatoms. The van der Waals surface area contributed by atoms with Gasteiger partial charge in [-0.1, -0.05) is 13.0 Å². The highest BCUT2D eigenvalue weighted by Gasteiger charge is 2.29. The lowest BCUT2D eigenvalue weighted by Gasteiger charge is -2.37. The van der Waals surface area contributed by atoms with Gasteiger partial charge < -0.3 is 15.3 Å². The summed E-state index contributed by atoms with van der Waals surface area (Å²) in [6, 6.07) is -1.02. The average molecular weight is 254 g/mol. The molecule has 0 bridgehead atoms. The Morgan fingerprint density at radius 1 is 1.56 bits per heavy atom. The van der Waals surface area contributed by atoms with Crippen molar-refractivity contribution in [3.63, 3.8) is 0 Å². The number of carbonyl (C=O) groups excluding carboxylic acids is 1. The Morgan fingerprint density at radius 3 is 2.72 bits per heavy atom. The standard InChI is InChI=1S/C13H22N2O3/c1-4-5-11(12(16)17)14-13(18)15-7-6-9(2)8-10(15)3/h4,9-11H,1,5-8H2,2-3H3,(H,14,18)(H,16,17). The molecule has 1 saturated heterocycles. The molecule has 0 saturated carbocycles. The summed E-state index contributed by atoms with van der Waals surface area (Å²) in [5.74, 6) is -0.409. The van der Waals surface area contributed by atoms with Crippen LogP contribution in [0.3, 0.4) is 0 Å². The van der Waals surface area contributed by atoms with Gasteiger partial charge in [0.05, 0.1) is 0 Å². The van der Waals surface area contributed by atoms with Gasteiger partial charge >= 0.3 is 12.0 Å². The Hall–Kier alpha value is -1.52. The van der Waals surface area contributed by atoms with Gasteiger partial charge in [-0.2, -0.15) is 0 Å². The van der Waals surface area contributed by atoms with Crippen molar-refractivity contribution in [1.82, 2.24) is 10.2 Å². The van der Waals surface area contributed by atoms with E-state index < -0.39 is 12.0 Å². The Labute approximate surface area is 108 Å². The van der Waals surface area contributed by atoms with Crippen LogP contribution in [0, 0.1) is 5.92 Å². The Kier molecular flexibility index (Phi) is 5.19. The summed E-state index contributed by atoms with van der Waals surface area (Å²) in [4.78, 5) is 24.7. The fraction of sp³-hybridized carbons (Fsp3) is 0.692. The van der Waals surface area contributed by atoms with Gasteiger partial charge in [-0.3, -0.25) is 0 Å². The lowest BCUT2D eigenvalue weighted by Crippen LogP contribution is -2.53. The first-order valence-corrected chi connectivity index (χ1v) is 6.36. The van der Waals surface area contributed by atoms with E-state index in [9.17, 15) is 9.59 Å². The number of nitrogens with zero attached hydrogens (tertiary/aromatic N) is 1. The zero-order chi connectivity index (χ0) is 13.7. The van der Waals surface area contributed by atoms with Crippen molar-refractivity contribution in [3.8, 4) is 0 Å². The van der Waals surface area contributed by atoms with E-state index in [1.54, 1.807) is 4.90 Å². The number of hydrogen-bond acceptors (Lipinski definition) is 2. The molecule has 0 aliphatic carbocycles. The normalized spacial score (nSPS) is 25.3. The third-order valence-electron chi connectivity index (χ3n) is 3.40. The molecule has 1 aliphatic rings. The molecule has 0 aromatic carbocycles. The van der Waals surface area contributed by atoms with Crippen LogP contribution >= 0.6 is 0 Å². The number of amides is 2. The summed E-state index contributed by atoms with van der Waals surface area (Å²) < 4.78 is 0.